The summed E-state index contributed by atoms with van der Waals surface area (Å²) in [5.74, 6) is 0.364. The molecular weight excluding hydrogens is 203 g/mol. The second kappa shape index (κ2) is 4.52. The van der Waals surface area contributed by atoms with Crippen LogP contribution in [0.5, 0.6) is 0 Å². The third kappa shape index (κ3) is 2.01. The first-order chi connectivity index (χ1) is 7.74. The number of benzene rings is 1. The van der Waals surface area contributed by atoms with E-state index in [1.807, 2.05) is 0 Å². The zero-order valence-electron chi connectivity index (χ0n) is 9.41. The summed E-state index contributed by atoms with van der Waals surface area (Å²) in [6, 6.07) is 6.52. The van der Waals surface area contributed by atoms with Crippen LogP contribution in [0.3, 0.4) is 0 Å². The minimum atomic E-state index is -0.341. The maximum atomic E-state index is 13.0. The molecule has 1 fully saturated rings. The molecule has 84 valence electrons. The highest BCUT2D eigenvalue weighted by atomic mass is 19.1. The number of halogens is 1. The molecule has 1 aromatic carbocycles. The van der Waals surface area contributed by atoms with Crippen molar-refractivity contribution in [3.8, 4) is 6.07 Å². The molecule has 0 spiro atoms. The van der Waals surface area contributed by atoms with Crippen LogP contribution in [0.1, 0.15) is 25.3 Å². The Labute approximate surface area is 95.3 Å². The van der Waals surface area contributed by atoms with Crippen LogP contribution in [-0.4, -0.2) is 13.1 Å². The largest absolute Gasteiger partial charge is 0.370 e. The van der Waals surface area contributed by atoms with Crippen molar-refractivity contribution < 1.29 is 4.39 Å². The van der Waals surface area contributed by atoms with Crippen LogP contribution in [0.15, 0.2) is 18.2 Å². The molecule has 1 atom stereocenters. The van der Waals surface area contributed by atoms with E-state index >= 15 is 0 Å². The lowest BCUT2D eigenvalue weighted by Crippen LogP contribution is -2.20. The standard InChI is InChI=1S/C13H15FN2/c1-2-10-5-6-16(9-10)13-4-3-12(14)7-11(13)8-15/h3-4,7,10H,2,5-6,9H2,1H3. The third-order valence-electron chi connectivity index (χ3n) is 3.28. The Morgan fingerprint density at radius 2 is 2.38 bits per heavy atom. The Hall–Kier alpha value is -1.56. The maximum absolute atomic E-state index is 13.0. The first-order valence-corrected chi connectivity index (χ1v) is 5.69. The predicted molar refractivity (Wildman–Crippen MR) is 61.7 cm³/mol. The molecule has 3 heteroatoms. The van der Waals surface area contributed by atoms with Gasteiger partial charge in [-0.05, 0) is 30.5 Å². The number of nitriles is 1. The van der Waals surface area contributed by atoms with E-state index in [0.717, 1.165) is 18.8 Å². The molecule has 0 saturated carbocycles. The number of hydrogen-bond donors (Lipinski definition) is 0. The van der Waals surface area contributed by atoms with Gasteiger partial charge < -0.3 is 4.90 Å². The molecule has 1 aliphatic rings. The van der Waals surface area contributed by atoms with Crippen molar-refractivity contribution in [2.24, 2.45) is 5.92 Å². The van der Waals surface area contributed by atoms with Crippen LogP contribution in [0, 0.1) is 23.1 Å². The number of nitrogens with zero attached hydrogens (tertiary/aromatic N) is 2. The van der Waals surface area contributed by atoms with Gasteiger partial charge in [0.05, 0.1) is 11.3 Å². The van der Waals surface area contributed by atoms with Crippen molar-refractivity contribution in [2.75, 3.05) is 18.0 Å². The molecule has 1 unspecified atom stereocenters. The average Bonchev–Trinajstić information content (AvgIpc) is 2.77. The van der Waals surface area contributed by atoms with E-state index in [9.17, 15) is 4.39 Å². The summed E-state index contributed by atoms with van der Waals surface area (Å²) >= 11 is 0. The topological polar surface area (TPSA) is 27.0 Å². The molecule has 16 heavy (non-hydrogen) atoms. The fourth-order valence-corrected chi connectivity index (χ4v) is 2.26. The van der Waals surface area contributed by atoms with Crippen molar-refractivity contribution >= 4 is 5.69 Å². The molecule has 0 aliphatic carbocycles. The molecule has 0 amide bonds. The van der Waals surface area contributed by atoms with Crippen molar-refractivity contribution in [3.05, 3.63) is 29.6 Å². The zero-order valence-corrected chi connectivity index (χ0v) is 9.41. The van der Waals surface area contributed by atoms with Gasteiger partial charge in [-0.15, -0.1) is 0 Å². The SMILES string of the molecule is CCC1CCN(c2ccc(F)cc2C#N)C1. The molecule has 2 rings (SSSR count). The average molecular weight is 218 g/mol. The highest BCUT2D eigenvalue weighted by Gasteiger charge is 2.22. The minimum absolute atomic E-state index is 0.341. The van der Waals surface area contributed by atoms with E-state index in [4.69, 9.17) is 5.26 Å². The van der Waals surface area contributed by atoms with E-state index in [2.05, 4.69) is 17.9 Å². The summed E-state index contributed by atoms with van der Waals surface area (Å²) in [4.78, 5) is 2.19. The van der Waals surface area contributed by atoms with E-state index in [1.54, 1.807) is 6.07 Å². The molecule has 1 saturated heterocycles. The highest BCUT2D eigenvalue weighted by Crippen LogP contribution is 2.28. The second-order valence-corrected chi connectivity index (χ2v) is 4.28. The van der Waals surface area contributed by atoms with Crippen LogP contribution >= 0.6 is 0 Å². The monoisotopic (exact) mass is 218 g/mol. The van der Waals surface area contributed by atoms with Crippen LogP contribution in [0.4, 0.5) is 10.1 Å². The van der Waals surface area contributed by atoms with Crippen LogP contribution in [0.2, 0.25) is 0 Å². The zero-order chi connectivity index (χ0) is 11.5. The van der Waals surface area contributed by atoms with Gasteiger partial charge in [0.2, 0.25) is 0 Å². The summed E-state index contributed by atoms with van der Waals surface area (Å²) in [6.07, 6.45) is 2.33. The fraction of sp³-hybridized carbons (Fsp3) is 0.462. The fourth-order valence-electron chi connectivity index (χ4n) is 2.26. The predicted octanol–water partition coefficient (Wildman–Crippen LogP) is 2.93. The summed E-state index contributed by atoms with van der Waals surface area (Å²) in [7, 11) is 0. The molecule has 2 nitrogen and oxygen atoms in total. The van der Waals surface area contributed by atoms with E-state index in [0.29, 0.717) is 11.5 Å². The second-order valence-electron chi connectivity index (χ2n) is 4.28. The Balaban J connectivity index is 2.25. The summed E-state index contributed by atoms with van der Waals surface area (Å²) in [5.41, 5.74) is 1.32. The summed E-state index contributed by atoms with van der Waals surface area (Å²) < 4.78 is 13.0. The Bertz CT molecular complexity index is 422. The first-order valence-electron chi connectivity index (χ1n) is 5.69. The van der Waals surface area contributed by atoms with Crippen LogP contribution in [0.25, 0.3) is 0 Å². The van der Waals surface area contributed by atoms with Crippen molar-refractivity contribution in [3.63, 3.8) is 0 Å². The molecule has 1 aromatic rings. The minimum Gasteiger partial charge on any atom is -0.370 e. The molecular formula is C13H15FN2. The van der Waals surface area contributed by atoms with Gasteiger partial charge in [0, 0.05) is 13.1 Å². The molecule has 0 aromatic heterocycles. The van der Waals surface area contributed by atoms with Gasteiger partial charge in [-0.2, -0.15) is 5.26 Å². The summed E-state index contributed by atoms with van der Waals surface area (Å²) in [5, 5.41) is 8.98. The maximum Gasteiger partial charge on any atom is 0.124 e. The smallest absolute Gasteiger partial charge is 0.124 e. The Morgan fingerprint density at radius 3 is 3.00 bits per heavy atom. The van der Waals surface area contributed by atoms with Crippen LogP contribution in [-0.2, 0) is 0 Å². The van der Waals surface area contributed by atoms with E-state index in [1.165, 1.54) is 25.0 Å². The quantitative estimate of drug-likeness (QED) is 0.763. The van der Waals surface area contributed by atoms with Gasteiger partial charge in [-0.3, -0.25) is 0 Å². The Morgan fingerprint density at radius 1 is 1.56 bits per heavy atom. The number of anilines is 1. The molecule has 1 aliphatic heterocycles. The van der Waals surface area contributed by atoms with Gasteiger partial charge in [-0.1, -0.05) is 13.3 Å². The molecule has 1 heterocycles. The van der Waals surface area contributed by atoms with Crippen LogP contribution < -0.4 is 4.90 Å². The molecule has 0 N–H and O–H groups in total. The molecule has 0 radical (unpaired) electrons. The van der Waals surface area contributed by atoms with Gasteiger partial charge in [-0.25, -0.2) is 4.39 Å². The van der Waals surface area contributed by atoms with Gasteiger partial charge >= 0.3 is 0 Å². The molecule has 0 bridgehead atoms. The lowest BCUT2D eigenvalue weighted by atomic mass is 10.1. The number of rotatable bonds is 2. The lowest BCUT2D eigenvalue weighted by Gasteiger charge is -2.19. The third-order valence-corrected chi connectivity index (χ3v) is 3.28. The normalized spacial score (nSPS) is 19.8. The highest BCUT2D eigenvalue weighted by molar-refractivity contribution is 5.59. The van der Waals surface area contributed by atoms with E-state index < -0.39 is 0 Å². The number of hydrogen-bond acceptors (Lipinski definition) is 2. The Kier molecular flexibility index (Phi) is 3.09. The van der Waals surface area contributed by atoms with Gasteiger partial charge in [0.25, 0.3) is 0 Å². The van der Waals surface area contributed by atoms with Gasteiger partial charge in [0.1, 0.15) is 11.9 Å². The van der Waals surface area contributed by atoms with Gasteiger partial charge in [0.15, 0.2) is 0 Å². The summed E-state index contributed by atoms with van der Waals surface area (Å²) in [6.45, 7) is 4.14. The van der Waals surface area contributed by atoms with E-state index in [-0.39, 0.29) is 5.82 Å². The van der Waals surface area contributed by atoms with Crippen molar-refractivity contribution in [2.45, 2.75) is 19.8 Å². The first kappa shape index (κ1) is 10.9. The van der Waals surface area contributed by atoms with Crippen molar-refractivity contribution in [1.82, 2.24) is 0 Å². The van der Waals surface area contributed by atoms with Crippen molar-refractivity contribution in [1.29, 1.82) is 5.26 Å². The lowest BCUT2D eigenvalue weighted by molar-refractivity contribution is 0.569.